The number of aliphatic hydroxyl groups is 1. The minimum atomic E-state index is -3.83. The Morgan fingerprint density at radius 3 is 2.53 bits per heavy atom. The van der Waals surface area contributed by atoms with Crippen molar-refractivity contribution in [2.75, 3.05) is 19.3 Å². The van der Waals surface area contributed by atoms with E-state index in [1.807, 2.05) is 0 Å². The number of rotatable bonds is 4. The van der Waals surface area contributed by atoms with Gasteiger partial charge in [0.2, 0.25) is 10.0 Å². The lowest BCUT2D eigenvalue weighted by molar-refractivity contribution is 0.171. The summed E-state index contributed by atoms with van der Waals surface area (Å²) in [6.07, 6.45) is -0.805. The summed E-state index contributed by atoms with van der Waals surface area (Å²) in [6.45, 7) is 1.39. The molecule has 0 saturated carbocycles. The second-order valence-corrected chi connectivity index (χ2v) is 5.90. The number of nitrogens with two attached hydrogens (primary N) is 1. The van der Waals surface area contributed by atoms with E-state index in [0.29, 0.717) is 0 Å². The van der Waals surface area contributed by atoms with E-state index in [0.717, 1.165) is 16.4 Å². The van der Waals surface area contributed by atoms with Crippen molar-refractivity contribution in [3.8, 4) is 0 Å². The fourth-order valence-electron chi connectivity index (χ4n) is 1.38. The van der Waals surface area contributed by atoms with Gasteiger partial charge < -0.3 is 10.8 Å². The van der Waals surface area contributed by atoms with Crippen LogP contribution in [0.2, 0.25) is 0 Å². The van der Waals surface area contributed by atoms with Crippen molar-refractivity contribution >= 4 is 15.7 Å². The number of aliphatic hydroxyl groups excluding tert-OH is 1. The topological polar surface area (TPSA) is 83.6 Å². The fraction of sp³-hybridized carbons (Fsp3) is 0.400. The van der Waals surface area contributed by atoms with Gasteiger partial charge in [0, 0.05) is 19.3 Å². The monoisotopic (exact) mass is 262 g/mol. The van der Waals surface area contributed by atoms with Crippen molar-refractivity contribution in [2.45, 2.75) is 17.9 Å². The number of nitrogen functional groups attached to an aromatic ring is 1. The second-order valence-electron chi connectivity index (χ2n) is 3.85. The Hall–Kier alpha value is -1.18. The van der Waals surface area contributed by atoms with Gasteiger partial charge >= 0.3 is 0 Å². The Kier molecular flexibility index (Phi) is 4.07. The molecule has 0 aromatic heterocycles. The summed E-state index contributed by atoms with van der Waals surface area (Å²) >= 11 is 0. The molecular weight excluding hydrogens is 247 g/mol. The Morgan fingerprint density at radius 2 is 2.06 bits per heavy atom. The highest BCUT2D eigenvalue weighted by atomic mass is 32.2. The summed E-state index contributed by atoms with van der Waals surface area (Å²) in [5.74, 6) is -0.714. The first kappa shape index (κ1) is 13.9. The Balaban J connectivity index is 3.12. The molecule has 1 aromatic carbocycles. The molecule has 0 aliphatic carbocycles. The van der Waals surface area contributed by atoms with E-state index >= 15 is 0 Å². The van der Waals surface area contributed by atoms with Gasteiger partial charge in [0.1, 0.15) is 5.82 Å². The minimum Gasteiger partial charge on any atom is -0.399 e. The van der Waals surface area contributed by atoms with Crippen LogP contribution in [0.15, 0.2) is 23.1 Å². The first-order valence-corrected chi connectivity index (χ1v) is 6.38. The van der Waals surface area contributed by atoms with Crippen molar-refractivity contribution in [3.05, 3.63) is 24.0 Å². The van der Waals surface area contributed by atoms with E-state index in [4.69, 9.17) is 10.8 Å². The Bertz CT molecular complexity index is 482. The fourth-order valence-corrected chi connectivity index (χ4v) is 2.70. The molecule has 0 radical (unpaired) electrons. The number of anilines is 1. The van der Waals surface area contributed by atoms with Gasteiger partial charge in [0.25, 0.3) is 0 Å². The molecule has 0 spiro atoms. The molecule has 1 aromatic rings. The quantitative estimate of drug-likeness (QED) is 0.770. The largest absolute Gasteiger partial charge is 0.399 e. The maximum Gasteiger partial charge on any atom is 0.243 e. The van der Waals surface area contributed by atoms with Crippen LogP contribution in [0.3, 0.4) is 0 Å². The van der Waals surface area contributed by atoms with E-state index < -0.39 is 21.9 Å². The van der Waals surface area contributed by atoms with E-state index in [9.17, 15) is 12.8 Å². The van der Waals surface area contributed by atoms with Crippen LogP contribution in [-0.2, 0) is 10.0 Å². The van der Waals surface area contributed by atoms with Crippen molar-refractivity contribution in [2.24, 2.45) is 0 Å². The Morgan fingerprint density at radius 1 is 1.47 bits per heavy atom. The highest BCUT2D eigenvalue weighted by Crippen LogP contribution is 2.19. The van der Waals surface area contributed by atoms with Gasteiger partial charge in [-0.3, -0.25) is 0 Å². The molecule has 1 rings (SSSR count). The number of nitrogens with zero attached hydrogens (tertiary/aromatic N) is 1. The molecule has 0 aliphatic rings. The first-order valence-electron chi connectivity index (χ1n) is 4.94. The molecule has 5 nitrogen and oxygen atoms in total. The molecule has 1 unspecified atom stereocenters. The number of hydrogen-bond donors (Lipinski definition) is 2. The third kappa shape index (κ3) is 3.39. The maximum absolute atomic E-state index is 13.1. The zero-order valence-corrected chi connectivity index (χ0v) is 10.4. The van der Waals surface area contributed by atoms with Gasteiger partial charge in [-0.2, -0.15) is 4.31 Å². The van der Waals surface area contributed by atoms with E-state index in [1.54, 1.807) is 0 Å². The lowest BCUT2D eigenvalue weighted by Crippen LogP contribution is -2.33. The van der Waals surface area contributed by atoms with Crippen molar-refractivity contribution in [3.63, 3.8) is 0 Å². The predicted molar refractivity (Wildman–Crippen MR) is 62.3 cm³/mol. The molecule has 0 saturated heterocycles. The minimum absolute atomic E-state index is 0.0361. The van der Waals surface area contributed by atoms with Crippen molar-refractivity contribution in [1.29, 1.82) is 0 Å². The van der Waals surface area contributed by atoms with Crippen LogP contribution in [0.5, 0.6) is 0 Å². The summed E-state index contributed by atoms with van der Waals surface area (Å²) in [6, 6.07) is 3.11. The van der Waals surface area contributed by atoms with Crippen molar-refractivity contribution in [1.82, 2.24) is 4.31 Å². The highest BCUT2D eigenvalue weighted by molar-refractivity contribution is 7.89. The van der Waals surface area contributed by atoms with Crippen LogP contribution in [0, 0.1) is 5.82 Å². The summed E-state index contributed by atoms with van der Waals surface area (Å²) in [5, 5.41) is 9.14. The van der Waals surface area contributed by atoms with Crippen LogP contribution < -0.4 is 5.73 Å². The smallest absolute Gasteiger partial charge is 0.243 e. The standard InChI is InChI=1S/C10H15FN2O3S/c1-7(14)6-13(2)17(15,16)10-4-8(11)3-9(12)5-10/h3-5,7,14H,6,12H2,1-2H3. The molecule has 0 bridgehead atoms. The second kappa shape index (κ2) is 4.99. The summed E-state index contributed by atoms with van der Waals surface area (Å²) in [4.78, 5) is -0.224. The molecule has 0 amide bonds. The average molecular weight is 262 g/mol. The first-order chi connectivity index (χ1) is 7.73. The van der Waals surface area contributed by atoms with Crippen molar-refractivity contribution < 1.29 is 17.9 Å². The van der Waals surface area contributed by atoms with Crippen LogP contribution in [-0.4, -0.2) is 37.5 Å². The molecule has 7 heteroatoms. The van der Waals surface area contributed by atoms with Crippen LogP contribution >= 0.6 is 0 Å². The summed E-state index contributed by atoms with van der Waals surface area (Å²) < 4.78 is 38.0. The predicted octanol–water partition coefficient (Wildman–Crippen LogP) is 0.409. The lowest BCUT2D eigenvalue weighted by atomic mass is 10.3. The lowest BCUT2D eigenvalue weighted by Gasteiger charge is -2.18. The molecule has 0 aliphatic heterocycles. The van der Waals surface area contributed by atoms with Gasteiger partial charge in [-0.25, -0.2) is 12.8 Å². The molecule has 96 valence electrons. The zero-order chi connectivity index (χ0) is 13.2. The summed E-state index contributed by atoms with van der Waals surface area (Å²) in [7, 11) is -2.52. The number of benzene rings is 1. The number of likely N-dealkylation sites (N-methyl/N-ethyl adjacent to an activating group) is 1. The van der Waals surface area contributed by atoms with E-state index in [2.05, 4.69) is 0 Å². The highest BCUT2D eigenvalue weighted by Gasteiger charge is 2.22. The number of halogens is 1. The number of sulfonamides is 1. The molecule has 17 heavy (non-hydrogen) atoms. The van der Waals surface area contributed by atoms with Gasteiger partial charge in [-0.05, 0) is 25.1 Å². The molecular formula is C10H15FN2O3S. The number of hydrogen-bond acceptors (Lipinski definition) is 4. The molecule has 0 heterocycles. The van der Waals surface area contributed by atoms with Crippen LogP contribution in [0.25, 0.3) is 0 Å². The van der Waals surface area contributed by atoms with Gasteiger partial charge in [0.15, 0.2) is 0 Å². The van der Waals surface area contributed by atoms with Gasteiger partial charge in [-0.1, -0.05) is 0 Å². The van der Waals surface area contributed by atoms with Gasteiger partial charge in [-0.15, -0.1) is 0 Å². The zero-order valence-electron chi connectivity index (χ0n) is 9.59. The van der Waals surface area contributed by atoms with Gasteiger partial charge in [0.05, 0.1) is 11.0 Å². The van der Waals surface area contributed by atoms with Crippen LogP contribution in [0.4, 0.5) is 10.1 Å². The Labute approximate surface area is 99.7 Å². The molecule has 3 N–H and O–H groups in total. The average Bonchev–Trinajstić information content (AvgIpc) is 2.14. The third-order valence-corrected chi connectivity index (χ3v) is 3.92. The van der Waals surface area contributed by atoms with E-state index in [-0.39, 0.29) is 17.1 Å². The molecule has 1 atom stereocenters. The SMILES string of the molecule is CC(O)CN(C)S(=O)(=O)c1cc(N)cc(F)c1. The maximum atomic E-state index is 13.1. The third-order valence-electron chi connectivity index (χ3n) is 2.12. The van der Waals surface area contributed by atoms with Crippen LogP contribution in [0.1, 0.15) is 6.92 Å². The normalized spacial score (nSPS) is 13.9. The van der Waals surface area contributed by atoms with E-state index in [1.165, 1.54) is 20.0 Å². The summed E-state index contributed by atoms with van der Waals surface area (Å²) in [5.41, 5.74) is 5.42. The molecule has 0 fully saturated rings.